The molecule has 0 aliphatic rings. The third kappa shape index (κ3) is 6.71. The fraction of sp³-hybridized carbons (Fsp3) is 0.179. The quantitative estimate of drug-likeness (QED) is 0.300. The second kappa shape index (κ2) is 11.4. The second-order valence-electron chi connectivity index (χ2n) is 8.90. The van der Waals surface area contributed by atoms with Crippen LogP contribution in [0.15, 0.2) is 83.9 Å². The summed E-state index contributed by atoms with van der Waals surface area (Å²) in [6.07, 6.45) is 0. The summed E-state index contributed by atoms with van der Waals surface area (Å²) in [6.45, 7) is 6.00. The molecule has 0 bridgehead atoms. The minimum Gasteiger partial charge on any atom is -0.493 e. The van der Waals surface area contributed by atoms with Gasteiger partial charge in [0.1, 0.15) is 22.9 Å². The summed E-state index contributed by atoms with van der Waals surface area (Å²) in [5, 5.41) is -0.297. The maximum Gasteiger partial charge on any atom is 0.281 e. The van der Waals surface area contributed by atoms with Crippen LogP contribution in [0.25, 0.3) is 11.3 Å². The Morgan fingerprint density at radius 3 is 2.42 bits per heavy atom. The van der Waals surface area contributed by atoms with E-state index in [0.717, 1.165) is 0 Å². The topological polar surface area (TPSA) is 107 Å². The van der Waals surface area contributed by atoms with Gasteiger partial charge in [0.25, 0.3) is 15.9 Å². The van der Waals surface area contributed by atoms with E-state index in [-0.39, 0.29) is 22.4 Å². The van der Waals surface area contributed by atoms with E-state index < -0.39 is 21.7 Å². The first-order chi connectivity index (χ1) is 18.1. The first-order valence-electron chi connectivity index (χ1n) is 11.8. The minimum absolute atomic E-state index is 0.137. The highest BCUT2D eigenvalue weighted by Gasteiger charge is 2.24. The van der Waals surface area contributed by atoms with Crippen molar-refractivity contribution in [1.82, 2.24) is 14.7 Å². The molecule has 0 spiro atoms. The number of sulfonamides is 1. The van der Waals surface area contributed by atoms with Crippen molar-refractivity contribution in [2.45, 2.75) is 25.8 Å². The van der Waals surface area contributed by atoms with Gasteiger partial charge in [-0.25, -0.2) is 19.1 Å². The van der Waals surface area contributed by atoms with E-state index in [1.807, 2.05) is 18.6 Å². The SMILES string of the molecule is Cc1cccc(S(=O)(=O)NC(=O)c2ccc(-c3cc(F)cc(OCC(C)C)c3)nc2Oc2ccccc2)n1. The molecule has 10 heteroatoms. The monoisotopic (exact) mass is 535 g/mol. The van der Waals surface area contributed by atoms with Gasteiger partial charge < -0.3 is 9.47 Å². The second-order valence-corrected chi connectivity index (χ2v) is 10.5. The van der Waals surface area contributed by atoms with Gasteiger partial charge in [-0.15, -0.1) is 0 Å². The van der Waals surface area contributed by atoms with E-state index in [0.29, 0.717) is 35.1 Å². The van der Waals surface area contributed by atoms with Gasteiger partial charge in [-0.05, 0) is 61.4 Å². The highest BCUT2D eigenvalue weighted by Crippen LogP contribution is 2.30. The number of hydrogen-bond donors (Lipinski definition) is 1. The van der Waals surface area contributed by atoms with Gasteiger partial charge in [0.15, 0.2) is 5.03 Å². The van der Waals surface area contributed by atoms with Crippen molar-refractivity contribution in [3.05, 3.63) is 95.9 Å². The number of pyridine rings is 2. The van der Waals surface area contributed by atoms with E-state index in [9.17, 15) is 17.6 Å². The average molecular weight is 536 g/mol. The fourth-order valence-electron chi connectivity index (χ4n) is 3.41. The molecule has 0 unspecified atom stereocenters. The lowest BCUT2D eigenvalue weighted by Gasteiger charge is -2.14. The zero-order valence-corrected chi connectivity index (χ0v) is 21.8. The molecule has 1 N–H and O–H groups in total. The molecule has 0 radical (unpaired) electrons. The zero-order valence-electron chi connectivity index (χ0n) is 21.0. The first-order valence-corrected chi connectivity index (χ1v) is 13.3. The van der Waals surface area contributed by atoms with Gasteiger partial charge in [-0.3, -0.25) is 4.79 Å². The predicted octanol–water partition coefficient (Wildman–Crippen LogP) is 5.54. The normalized spacial score (nSPS) is 11.3. The van der Waals surface area contributed by atoms with E-state index in [1.54, 1.807) is 49.4 Å². The molecule has 0 atom stereocenters. The minimum atomic E-state index is -4.27. The lowest BCUT2D eigenvalue weighted by molar-refractivity contribution is 0.0978. The van der Waals surface area contributed by atoms with Crippen molar-refractivity contribution in [2.24, 2.45) is 5.92 Å². The Bertz CT molecular complexity index is 1560. The third-order valence-electron chi connectivity index (χ3n) is 5.18. The number of para-hydroxylation sites is 1. The Balaban J connectivity index is 1.71. The molecule has 4 aromatic rings. The number of nitrogens with one attached hydrogen (secondary N) is 1. The van der Waals surface area contributed by atoms with Gasteiger partial charge in [0.2, 0.25) is 5.88 Å². The van der Waals surface area contributed by atoms with Crippen LogP contribution in [0.1, 0.15) is 29.9 Å². The van der Waals surface area contributed by atoms with Gasteiger partial charge in [-0.2, -0.15) is 8.42 Å². The number of halogens is 1. The highest BCUT2D eigenvalue weighted by atomic mass is 32.2. The maximum absolute atomic E-state index is 14.4. The summed E-state index contributed by atoms with van der Waals surface area (Å²) in [4.78, 5) is 21.5. The number of ether oxygens (including phenoxy) is 2. The van der Waals surface area contributed by atoms with Crippen LogP contribution in [0, 0.1) is 18.7 Å². The summed E-state index contributed by atoms with van der Waals surface area (Å²) in [5.74, 6) is -0.692. The van der Waals surface area contributed by atoms with Gasteiger partial charge in [0.05, 0.1) is 12.3 Å². The standard InChI is InChI=1S/C28H26FN3O5S/c1-18(2)17-36-23-15-20(14-21(29)16-23)25-13-12-24(28(31-25)37-22-9-5-4-6-10-22)27(33)32-38(34,35)26-11-7-8-19(3)30-26/h4-16,18H,17H2,1-3H3,(H,32,33). The molecule has 1 amide bonds. The summed E-state index contributed by atoms with van der Waals surface area (Å²) < 4.78 is 53.5. The zero-order chi connectivity index (χ0) is 27.3. The van der Waals surface area contributed by atoms with Crippen molar-refractivity contribution >= 4 is 15.9 Å². The molecule has 0 aliphatic heterocycles. The van der Waals surface area contributed by atoms with E-state index >= 15 is 0 Å². The number of amides is 1. The Hall–Kier alpha value is -4.31. The van der Waals surface area contributed by atoms with Crippen LogP contribution < -0.4 is 14.2 Å². The van der Waals surface area contributed by atoms with E-state index in [1.165, 1.54) is 36.4 Å². The summed E-state index contributed by atoms with van der Waals surface area (Å²) in [6, 6.07) is 20.1. The van der Waals surface area contributed by atoms with Crippen LogP contribution in [0.3, 0.4) is 0 Å². The van der Waals surface area contributed by atoms with Crippen molar-refractivity contribution < 1.29 is 27.1 Å². The van der Waals surface area contributed by atoms with Crippen LogP contribution in [0.4, 0.5) is 4.39 Å². The Kier molecular flexibility index (Phi) is 8.02. The Morgan fingerprint density at radius 2 is 1.71 bits per heavy atom. The highest BCUT2D eigenvalue weighted by molar-refractivity contribution is 7.90. The molecular weight excluding hydrogens is 509 g/mol. The summed E-state index contributed by atoms with van der Waals surface area (Å²) in [7, 11) is -4.27. The van der Waals surface area contributed by atoms with E-state index in [4.69, 9.17) is 9.47 Å². The molecule has 4 rings (SSSR count). The number of rotatable bonds is 9. The number of nitrogens with zero attached hydrogens (tertiary/aromatic N) is 2. The van der Waals surface area contributed by atoms with E-state index in [2.05, 4.69) is 9.97 Å². The molecule has 0 saturated heterocycles. The predicted molar refractivity (Wildman–Crippen MR) is 140 cm³/mol. The number of carbonyl (C=O) groups is 1. The Labute approximate surface area is 220 Å². The smallest absolute Gasteiger partial charge is 0.281 e. The number of aryl methyl sites for hydroxylation is 1. The summed E-state index contributed by atoms with van der Waals surface area (Å²) in [5.41, 5.74) is 1.03. The molecule has 2 heterocycles. The molecule has 2 aromatic carbocycles. The third-order valence-corrected chi connectivity index (χ3v) is 6.41. The number of aromatic nitrogens is 2. The van der Waals surface area contributed by atoms with Crippen LogP contribution in [-0.2, 0) is 10.0 Å². The van der Waals surface area contributed by atoms with Crippen LogP contribution in [0.5, 0.6) is 17.4 Å². The van der Waals surface area contributed by atoms with Crippen LogP contribution in [0.2, 0.25) is 0 Å². The van der Waals surface area contributed by atoms with Crippen molar-refractivity contribution in [1.29, 1.82) is 0 Å². The molecule has 196 valence electrons. The van der Waals surface area contributed by atoms with Gasteiger partial charge in [0, 0.05) is 17.3 Å². The van der Waals surface area contributed by atoms with Crippen molar-refractivity contribution in [3.63, 3.8) is 0 Å². The molecule has 2 aromatic heterocycles. The van der Waals surface area contributed by atoms with Gasteiger partial charge >= 0.3 is 0 Å². The molecular formula is C28H26FN3O5S. The number of hydrogen-bond acceptors (Lipinski definition) is 7. The lowest BCUT2D eigenvalue weighted by Crippen LogP contribution is -2.31. The maximum atomic E-state index is 14.4. The number of benzene rings is 2. The fourth-order valence-corrected chi connectivity index (χ4v) is 4.39. The molecule has 38 heavy (non-hydrogen) atoms. The average Bonchev–Trinajstić information content (AvgIpc) is 2.87. The molecule has 0 aliphatic carbocycles. The van der Waals surface area contributed by atoms with Crippen molar-refractivity contribution in [3.8, 4) is 28.6 Å². The van der Waals surface area contributed by atoms with Crippen molar-refractivity contribution in [2.75, 3.05) is 6.61 Å². The van der Waals surface area contributed by atoms with Gasteiger partial charge in [-0.1, -0.05) is 38.1 Å². The Morgan fingerprint density at radius 1 is 0.947 bits per heavy atom. The molecule has 0 saturated carbocycles. The largest absolute Gasteiger partial charge is 0.493 e. The first kappa shape index (κ1) is 26.7. The molecule has 0 fully saturated rings. The molecule has 8 nitrogen and oxygen atoms in total. The summed E-state index contributed by atoms with van der Waals surface area (Å²) >= 11 is 0. The van der Waals surface area contributed by atoms with Crippen LogP contribution in [-0.4, -0.2) is 30.9 Å². The number of carbonyl (C=O) groups excluding carboxylic acids is 1. The lowest BCUT2D eigenvalue weighted by atomic mass is 10.1. The van der Waals surface area contributed by atoms with Crippen LogP contribution >= 0.6 is 0 Å².